The molecule has 1 aliphatic carbocycles. The van der Waals surface area contributed by atoms with Crippen LogP contribution in [0.15, 0.2) is 11.1 Å². The van der Waals surface area contributed by atoms with Crippen LogP contribution in [0.5, 0.6) is 0 Å². The number of thiophene rings is 1. The van der Waals surface area contributed by atoms with Gasteiger partial charge in [0.2, 0.25) is 5.91 Å². The molecule has 1 aliphatic heterocycles. The van der Waals surface area contributed by atoms with Gasteiger partial charge in [-0.3, -0.25) is 14.2 Å². The van der Waals surface area contributed by atoms with Crippen LogP contribution in [0.25, 0.3) is 10.2 Å². The number of nitrogens with zero attached hydrogens (tertiary/aromatic N) is 3. The van der Waals surface area contributed by atoms with Gasteiger partial charge < -0.3 is 9.64 Å². The van der Waals surface area contributed by atoms with E-state index in [-0.39, 0.29) is 24.6 Å². The quantitative estimate of drug-likeness (QED) is 0.714. The van der Waals surface area contributed by atoms with Gasteiger partial charge in [0, 0.05) is 12.6 Å². The second-order valence-corrected chi connectivity index (χ2v) is 8.97. The first-order chi connectivity index (χ1) is 14.0. The molecule has 1 amide bonds. The molecule has 156 valence electrons. The largest absolute Gasteiger partial charge is 0.462 e. The molecule has 0 aromatic carbocycles. The fourth-order valence-electron chi connectivity index (χ4n) is 4.83. The van der Waals surface area contributed by atoms with Crippen LogP contribution < -0.4 is 5.56 Å². The number of carbonyl (C=O) groups excluding carboxylic acids is 2. The molecule has 2 fully saturated rings. The third kappa shape index (κ3) is 3.70. The van der Waals surface area contributed by atoms with E-state index in [1.165, 1.54) is 36.6 Å². The molecule has 0 N–H and O–H groups in total. The first-order valence-electron chi connectivity index (χ1n) is 10.5. The predicted molar refractivity (Wildman–Crippen MR) is 111 cm³/mol. The van der Waals surface area contributed by atoms with E-state index >= 15 is 0 Å². The molecule has 29 heavy (non-hydrogen) atoms. The van der Waals surface area contributed by atoms with Crippen LogP contribution in [0.1, 0.15) is 60.7 Å². The smallest absolute Gasteiger partial charge is 0.348 e. The molecule has 0 radical (unpaired) electrons. The Morgan fingerprint density at radius 2 is 2.00 bits per heavy atom. The van der Waals surface area contributed by atoms with Gasteiger partial charge in [0.05, 0.1) is 18.3 Å². The number of aryl methyl sites for hydroxylation is 1. The zero-order valence-corrected chi connectivity index (χ0v) is 17.8. The predicted octanol–water partition coefficient (Wildman–Crippen LogP) is 3.12. The molecule has 0 unspecified atom stereocenters. The molecular weight excluding hydrogens is 390 g/mol. The number of hydrogen-bond acceptors (Lipinski definition) is 6. The van der Waals surface area contributed by atoms with Gasteiger partial charge in [-0.2, -0.15) is 0 Å². The lowest BCUT2D eigenvalue weighted by molar-refractivity contribution is -0.138. The van der Waals surface area contributed by atoms with Gasteiger partial charge in [0.1, 0.15) is 16.3 Å². The lowest BCUT2D eigenvalue weighted by Crippen LogP contribution is -2.51. The van der Waals surface area contributed by atoms with E-state index in [1.54, 1.807) is 13.8 Å². The first-order valence-corrected chi connectivity index (χ1v) is 11.3. The molecule has 2 aromatic rings. The summed E-state index contributed by atoms with van der Waals surface area (Å²) in [5, 5.41) is 0.405. The number of piperidine rings is 1. The fourth-order valence-corrected chi connectivity index (χ4v) is 5.87. The van der Waals surface area contributed by atoms with Crippen molar-refractivity contribution in [2.45, 2.75) is 65.0 Å². The third-order valence-electron chi connectivity index (χ3n) is 6.25. The van der Waals surface area contributed by atoms with Gasteiger partial charge in [-0.25, -0.2) is 9.78 Å². The van der Waals surface area contributed by atoms with E-state index in [2.05, 4.69) is 4.98 Å². The van der Waals surface area contributed by atoms with Crippen LogP contribution in [0, 0.1) is 12.8 Å². The lowest BCUT2D eigenvalue weighted by Gasteiger charge is -2.44. The summed E-state index contributed by atoms with van der Waals surface area (Å²) < 4.78 is 6.46. The fraction of sp³-hybridized carbons (Fsp3) is 0.619. The minimum atomic E-state index is -0.438. The highest BCUT2D eigenvalue weighted by atomic mass is 32.1. The van der Waals surface area contributed by atoms with Gasteiger partial charge in [-0.15, -0.1) is 11.3 Å². The van der Waals surface area contributed by atoms with Crippen molar-refractivity contribution < 1.29 is 14.3 Å². The number of carbonyl (C=O) groups is 2. The van der Waals surface area contributed by atoms with E-state index in [0.29, 0.717) is 32.6 Å². The number of esters is 1. The Labute approximate surface area is 173 Å². The van der Waals surface area contributed by atoms with E-state index < -0.39 is 5.97 Å². The maximum Gasteiger partial charge on any atom is 0.348 e. The second kappa shape index (κ2) is 8.26. The van der Waals surface area contributed by atoms with Crippen molar-refractivity contribution in [1.29, 1.82) is 0 Å². The zero-order valence-electron chi connectivity index (χ0n) is 17.0. The highest BCUT2D eigenvalue weighted by Gasteiger charge is 2.35. The molecule has 4 rings (SSSR count). The number of ether oxygens (including phenoxy) is 1. The Hall–Kier alpha value is -2.22. The van der Waals surface area contributed by atoms with E-state index in [9.17, 15) is 14.4 Å². The van der Waals surface area contributed by atoms with Crippen LogP contribution in [0.4, 0.5) is 0 Å². The Bertz CT molecular complexity index is 994. The highest BCUT2D eigenvalue weighted by Crippen LogP contribution is 2.35. The summed E-state index contributed by atoms with van der Waals surface area (Å²) in [4.78, 5) is 45.5. The topological polar surface area (TPSA) is 81.5 Å². The molecular formula is C21H27N3O4S. The van der Waals surface area contributed by atoms with Crippen molar-refractivity contribution in [1.82, 2.24) is 14.5 Å². The van der Waals surface area contributed by atoms with E-state index in [4.69, 9.17) is 4.74 Å². The van der Waals surface area contributed by atoms with Crippen molar-refractivity contribution in [2.75, 3.05) is 13.2 Å². The number of fused-ring (bicyclic) bond motifs is 2. The minimum absolute atomic E-state index is 0.00494. The van der Waals surface area contributed by atoms with Crippen LogP contribution in [-0.4, -0.2) is 45.5 Å². The van der Waals surface area contributed by atoms with Gasteiger partial charge in [-0.05, 0) is 51.0 Å². The SMILES string of the molecule is CCOC(=O)c1sc2ncn(CC(=O)N3CCC[C@@H]4CCCC[C@@H]43)c(=O)c2c1C. The second-order valence-electron chi connectivity index (χ2n) is 7.98. The standard InChI is InChI=1S/C21H27N3O4S/c1-3-28-21(27)18-13(2)17-19(29-18)22-12-23(20(17)26)11-16(25)24-10-6-8-14-7-4-5-9-15(14)24/h12,14-15H,3-11H2,1-2H3/t14-,15-/m0/s1. The van der Waals surface area contributed by atoms with E-state index in [0.717, 1.165) is 30.7 Å². The van der Waals surface area contributed by atoms with Crippen molar-refractivity contribution in [3.63, 3.8) is 0 Å². The van der Waals surface area contributed by atoms with Gasteiger partial charge >= 0.3 is 5.97 Å². The summed E-state index contributed by atoms with van der Waals surface area (Å²) >= 11 is 1.16. The molecule has 8 heteroatoms. The normalized spacial score (nSPS) is 21.8. The number of aromatic nitrogens is 2. The number of rotatable bonds is 4. The van der Waals surface area contributed by atoms with Crippen molar-refractivity contribution in [2.24, 2.45) is 5.92 Å². The third-order valence-corrected chi connectivity index (χ3v) is 7.43. The molecule has 3 heterocycles. The molecule has 1 saturated carbocycles. The zero-order chi connectivity index (χ0) is 20.5. The maximum atomic E-state index is 13.1. The minimum Gasteiger partial charge on any atom is -0.462 e. The van der Waals surface area contributed by atoms with Crippen molar-refractivity contribution >= 4 is 33.4 Å². The van der Waals surface area contributed by atoms with Crippen molar-refractivity contribution in [3.8, 4) is 0 Å². The molecule has 7 nitrogen and oxygen atoms in total. The van der Waals surface area contributed by atoms with Crippen LogP contribution in [0.2, 0.25) is 0 Å². The molecule has 2 atom stereocenters. The summed E-state index contributed by atoms with van der Waals surface area (Å²) in [6.07, 6.45) is 8.35. The summed E-state index contributed by atoms with van der Waals surface area (Å²) in [5.41, 5.74) is 0.304. The molecule has 1 saturated heterocycles. The number of hydrogen-bond donors (Lipinski definition) is 0. The summed E-state index contributed by atoms with van der Waals surface area (Å²) in [5.74, 6) is 0.153. The first kappa shape index (κ1) is 20.1. The van der Waals surface area contributed by atoms with Crippen LogP contribution >= 0.6 is 11.3 Å². The summed E-state index contributed by atoms with van der Waals surface area (Å²) in [7, 11) is 0. The average molecular weight is 418 g/mol. The van der Waals surface area contributed by atoms with Crippen LogP contribution in [-0.2, 0) is 16.1 Å². The molecule has 0 spiro atoms. The summed E-state index contributed by atoms with van der Waals surface area (Å²) in [6.45, 7) is 4.52. The van der Waals surface area contributed by atoms with Crippen molar-refractivity contribution in [3.05, 3.63) is 27.1 Å². The number of amides is 1. The highest BCUT2D eigenvalue weighted by molar-refractivity contribution is 7.20. The summed E-state index contributed by atoms with van der Waals surface area (Å²) in [6, 6.07) is 0.315. The van der Waals surface area contributed by atoms with Crippen LogP contribution in [0.3, 0.4) is 0 Å². The molecule has 2 aliphatic rings. The van der Waals surface area contributed by atoms with Gasteiger partial charge in [0.25, 0.3) is 5.56 Å². The molecule has 2 aromatic heterocycles. The number of likely N-dealkylation sites (tertiary alicyclic amines) is 1. The Morgan fingerprint density at radius 1 is 1.24 bits per heavy atom. The monoisotopic (exact) mass is 417 g/mol. The molecule has 0 bridgehead atoms. The Balaban J connectivity index is 1.60. The Kier molecular flexibility index (Phi) is 5.72. The Morgan fingerprint density at radius 3 is 2.79 bits per heavy atom. The average Bonchev–Trinajstić information content (AvgIpc) is 3.07. The van der Waals surface area contributed by atoms with Gasteiger partial charge in [0.15, 0.2) is 0 Å². The van der Waals surface area contributed by atoms with Gasteiger partial charge in [-0.1, -0.05) is 12.8 Å². The maximum absolute atomic E-state index is 13.1. The lowest BCUT2D eigenvalue weighted by atomic mass is 9.78. The van der Waals surface area contributed by atoms with E-state index in [1.807, 2.05) is 4.90 Å².